The molecule has 2 nitrogen and oxygen atoms in total. The highest BCUT2D eigenvalue weighted by atomic mass is 19.1. The van der Waals surface area contributed by atoms with Crippen LogP contribution in [0, 0.1) is 17.8 Å². The van der Waals surface area contributed by atoms with Crippen LogP contribution in [-0.4, -0.2) is 24.5 Å². The van der Waals surface area contributed by atoms with Gasteiger partial charge in [0.15, 0.2) is 0 Å². The van der Waals surface area contributed by atoms with Gasteiger partial charge in [-0.2, -0.15) is 5.26 Å². The lowest BCUT2D eigenvalue weighted by Crippen LogP contribution is -2.40. The Labute approximate surface area is 71.6 Å². The Bertz CT molecular complexity index is 273. The van der Waals surface area contributed by atoms with Crippen LogP contribution in [-0.2, 0) is 0 Å². The second-order valence-corrected chi connectivity index (χ2v) is 2.89. The van der Waals surface area contributed by atoms with Crippen LogP contribution in [0.2, 0.25) is 0 Å². The van der Waals surface area contributed by atoms with E-state index in [1.165, 1.54) is 12.5 Å². The van der Waals surface area contributed by atoms with Gasteiger partial charge in [-0.25, -0.2) is 4.39 Å². The average molecular weight is 165 g/mol. The third kappa shape index (κ3) is 1.39. The van der Waals surface area contributed by atoms with Crippen LogP contribution < -0.4 is 0 Å². The van der Waals surface area contributed by atoms with Gasteiger partial charge in [0.25, 0.3) is 0 Å². The fraction of sp³-hybridized carbons (Fsp3) is 0.333. The minimum atomic E-state index is -0.918. The number of nitrogens with zero attached hydrogens (tertiary/aromatic N) is 2. The monoisotopic (exact) mass is 165 g/mol. The summed E-state index contributed by atoms with van der Waals surface area (Å²) in [6.45, 7) is 0. The maximum absolute atomic E-state index is 12.8. The number of allylic oxidation sites excluding steroid dienone is 2. The molecule has 0 aromatic heterocycles. The fourth-order valence-electron chi connectivity index (χ4n) is 1.04. The lowest BCUT2D eigenvalue weighted by atomic mass is 9.94. The number of hydrogen-bond acceptors (Lipinski definition) is 2. The van der Waals surface area contributed by atoms with Crippen LogP contribution in [0.1, 0.15) is 0 Å². The number of rotatable bonds is 1. The Morgan fingerprint density at radius 1 is 1.58 bits per heavy atom. The molecule has 0 saturated heterocycles. The van der Waals surface area contributed by atoms with Crippen LogP contribution in [0.3, 0.4) is 0 Å². The fourth-order valence-corrected chi connectivity index (χ4v) is 1.04. The van der Waals surface area contributed by atoms with Crippen molar-refractivity contribution in [2.24, 2.45) is 0 Å². The molecule has 0 spiro atoms. The van der Waals surface area contributed by atoms with Crippen LogP contribution in [0.4, 0.5) is 4.39 Å². The van der Waals surface area contributed by atoms with Crippen molar-refractivity contribution in [3.05, 3.63) is 30.5 Å². The zero-order chi connectivity index (χ0) is 9.19. The van der Waals surface area contributed by atoms with Gasteiger partial charge in [-0.3, -0.25) is 4.90 Å². The smallest absolute Gasteiger partial charge is 0.148 e. The van der Waals surface area contributed by atoms with Crippen molar-refractivity contribution < 1.29 is 4.39 Å². The molecule has 1 rings (SSSR count). The predicted molar refractivity (Wildman–Crippen MR) is 44.7 cm³/mol. The van der Waals surface area contributed by atoms with Crippen LogP contribution in [0.5, 0.6) is 0 Å². The Hall–Kier alpha value is -1.14. The largest absolute Gasteiger partial charge is 0.285 e. The van der Waals surface area contributed by atoms with E-state index in [4.69, 9.17) is 5.26 Å². The van der Waals surface area contributed by atoms with Gasteiger partial charge in [0.1, 0.15) is 11.4 Å². The Morgan fingerprint density at radius 3 is 2.58 bits per heavy atom. The highest BCUT2D eigenvalue weighted by Gasteiger charge is 2.29. The topological polar surface area (TPSA) is 27.0 Å². The molecule has 0 N–H and O–H groups in total. The van der Waals surface area contributed by atoms with Crippen LogP contribution >= 0.6 is 0 Å². The zero-order valence-corrected chi connectivity index (χ0v) is 7.08. The zero-order valence-electron chi connectivity index (χ0n) is 7.08. The summed E-state index contributed by atoms with van der Waals surface area (Å²) >= 11 is 0. The molecule has 1 atom stereocenters. The Balaban J connectivity index is 3.03. The quantitative estimate of drug-likeness (QED) is 0.587. The van der Waals surface area contributed by atoms with E-state index in [1.54, 1.807) is 31.1 Å². The molecule has 1 radical (unpaired) electrons. The molecule has 12 heavy (non-hydrogen) atoms. The standard InChI is InChI=1S/C9H10FN2/c1-12(2)9(7-11)5-3-4-8(10)6-9/h3-6H,1-2H3. The van der Waals surface area contributed by atoms with Gasteiger partial charge in [0, 0.05) is 6.42 Å². The maximum Gasteiger partial charge on any atom is 0.148 e. The molecular weight excluding hydrogens is 155 g/mol. The number of halogens is 1. The maximum atomic E-state index is 12.8. The summed E-state index contributed by atoms with van der Waals surface area (Å²) in [5.41, 5.74) is -0.918. The van der Waals surface area contributed by atoms with E-state index in [1.807, 2.05) is 0 Å². The van der Waals surface area contributed by atoms with E-state index >= 15 is 0 Å². The van der Waals surface area contributed by atoms with Gasteiger partial charge in [0.2, 0.25) is 0 Å². The van der Waals surface area contributed by atoms with E-state index < -0.39 is 5.54 Å². The molecule has 0 bridgehead atoms. The first-order valence-electron chi connectivity index (χ1n) is 3.60. The molecule has 0 fully saturated rings. The molecule has 0 aromatic rings. The molecule has 0 saturated carbocycles. The highest BCUT2D eigenvalue weighted by Crippen LogP contribution is 2.23. The molecule has 1 unspecified atom stereocenters. The summed E-state index contributed by atoms with van der Waals surface area (Å²) in [6, 6.07) is 2.05. The molecule has 0 amide bonds. The van der Waals surface area contributed by atoms with Crippen molar-refractivity contribution in [2.45, 2.75) is 5.54 Å². The van der Waals surface area contributed by atoms with Crippen molar-refractivity contribution >= 4 is 0 Å². The first-order valence-corrected chi connectivity index (χ1v) is 3.60. The van der Waals surface area contributed by atoms with Crippen molar-refractivity contribution in [1.82, 2.24) is 4.90 Å². The van der Waals surface area contributed by atoms with Gasteiger partial charge in [-0.1, -0.05) is 6.08 Å². The Kier molecular flexibility index (Phi) is 2.30. The predicted octanol–water partition coefficient (Wildman–Crippen LogP) is 1.44. The molecule has 1 aliphatic carbocycles. The van der Waals surface area contributed by atoms with Crippen LogP contribution in [0.25, 0.3) is 0 Å². The molecule has 1 aliphatic rings. The number of nitriles is 1. The van der Waals surface area contributed by atoms with Crippen molar-refractivity contribution in [1.29, 1.82) is 5.26 Å². The number of hydrogen-bond donors (Lipinski definition) is 0. The highest BCUT2D eigenvalue weighted by molar-refractivity contribution is 5.39. The summed E-state index contributed by atoms with van der Waals surface area (Å²) in [5.74, 6) is -0.368. The van der Waals surface area contributed by atoms with E-state index in [2.05, 4.69) is 6.07 Å². The number of likely N-dealkylation sites (N-methyl/N-ethyl adjacent to an activating group) is 1. The third-order valence-corrected chi connectivity index (χ3v) is 1.88. The SMILES string of the molecule is CN(C)C1(C#N)C=C[CH]C(F)=C1. The molecular formula is C9H10FN2. The second kappa shape index (κ2) is 3.08. The van der Waals surface area contributed by atoms with Crippen molar-refractivity contribution in [3.8, 4) is 6.07 Å². The van der Waals surface area contributed by atoms with Gasteiger partial charge in [-0.15, -0.1) is 0 Å². The van der Waals surface area contributed by atoms with Gasteiger partial charge >= 0.3 is 0 Å². The summed E-state index contributed by atoms with van der Waals surface area (Å²) in [7, 11) is 3.48. The summed E-state index contributed by atoms with van der Waals surface area (Å²) in [5, 5.41) is 8.86. The first-order chi connectivity index (χ1) is 5.60. The normalized spacial score (nSPS) is 28.4. The van der Waals surface area contributed by atoms with E-state index in [0.717, 1.165) is 0 Å². The minimum absolute atomic E-state index is 0.368. The van der Waals surface area contributed by atoms with Gasteiger partial charge in [0.05, 0.1) is 6.07 Å². The molecule has 0 aromatic carbocycles. The lowest BCUT2D eigenvalue weighted by Gasteiger charge is -2.28. The van der Waals surface area contributed by atoms with Gasteiger partial charge < -0.3 is 0 Å². The summed E-state index contributed by atoms with van der Waals surface area (Å²) in [4.78, 5) is 1.66. The Morgan fingerprint density at radius 2 is 2.25 bits per heavy atom. The van der Waals surface area contributed by atoms with Crippen molar-refractivity contribution in [2.75, 3.05) is 14.1 Å². The second-order valence-electron chi connectivity index (χ2n) is 2.89. The molecule has 0 heterocycles. The van der Waals surface area contributed by atoms with Crippen LogP contribution in [0.15, 0.2) is 24.1 Å². The lowest BCUT2D eigenvalue weighted by molar-refractivity contribution is 0.318. The summed E-state index contributed by atoms with van der Waals surface area (Å²) in [6.07, 6.45) is 5.85. The van der Waals surface area contributed by atoms with Crippen molar-refractivity contribution in [3.63, 3.8) is 0 Å². The molecule has 3 heteroatoms. The van der Waals surface area contributed by atoms with Gasteiger partial charge in [-0.05, 0) is 26.2 Å². The average Bonchev–Trinajstić information content (AvgIpc) is 2.04. The molecule has 63 valence electrons. The minimum Gasteiger partial charge on any atom is -0.285 e. The van der Waals surface area contributed by atoms with E-state index in [-0.39, 0.29) is 5.83 Å². The molecule has 0 aliphatic heterocycles. The third-order valence-electron chi connectivity index (χ3n) is 1.88. The first kappa shape index (κ1) is 8.95. The summed E-state index contributed by atoms with van der Waals surface area (Å²) < 4.78 is 12.8. The van der Waals surface area contributed by atoms with E-state index in [0.29, 0.717) is 0 Å². The van der Waals surface area contributed by atoms with E-state index in [9.17, 15) is 4.39 Å².